The largest absolute Gasteiger partial charge is 0.427 e. The zero-order valence-corrected chi connectivity index (χ0v) is 22.9. The number of benzene rings is 2. The molecule has 2 atom stereocenters. The highest BCUT2D eigenvalue weighted by molar-refractivity contribution is 5.92. The first-order chi connectivity index (χ1) is 19.4. The first-order valence-corrected chi connectivity index (χ1v) is 13.0. The Balaban J connectivity index is 0.000000331. The van der Waals surface area contributed by atoms with E-state index in [1.54, 1.807) is 61.9 Å². The molecule has 0 aliphatic carbocycles. The Morgan fingerprint density at radius 2 is 1.57 bits per heavy atom. The molecule has 0 saturated heterocycles. The van der Waals surface area contributed by atoms with Crippen LogP contribution >= 0.6 is 0 Å². The third-order valence-corrected chi connectivity index (χ3v) is 5.50. The van der Waals surface area contributed by atoms with Crippen LogP contribution < -0.4 is 16.4 Å². The molecule has 0 aliphatic heterocycles. The van der Waals surface area contributed by atoms with E-state index in [0.29, 0.717) is 11.4 Å². The lowest BCUT2D eigenvalue weighted by Crippen LogP contribution is -2.50. The molecule has 0 saturated carbocycles. The average molecular weight is 545 g/mol. The van der Waals surface area contributed by atoms with Crippen molar-refractivity contribution in [3.63, 3.8) is 0 Å². The van der Waals surface area contributed by atoms with Crippen LogP contribution in [0.5, 0.6) is 0 Å². The van der Waals surface area contributed by atoms with E-state index in [1.165, 1.54) is 6.20 Å². The van der Waals surface area contributed by atoms with Crippen molar-refractivity contribution in [2.24, 2.45) is 5.73 Å². The number of carbonyl (C=O) groups is 3. The smallest absolute Gasteiger partial charge is 0.247 e. The van der Waals surface area contributed by atoms with Crippen LogP contribution in [-0.4, -0.2) is 43.7 Å². The lowest BCUT2D eigenvalue weighted by atomic mass is 10.0. The number of pyridine rings is 1. The minimum atomic E-state index is -0.906. The van der Waals surface area contributed by atoms with Crippen molar-refractivity contribution in [3.8, 4) is 11.4 Å². The predicted molar refractivity (Wildman–Crippen MR) is 153 cm³/mol. The minimum Gasteiger partial charge on any atom is -0.427 e. The monoisotopic (exact) mass is 544 g/mol. The molecule has 0 spiro atoms. The molecule has 3 amide bonds. The lowest BCUT2D eigenvalue weighted by molar-refractivity contribution is -0.131. The molecule has 210 valence electrons. The van der Waals surface area contributed by atoms with Crippen LogP contribution in [-0.2, 0) is 20.8 Å². The van der Waals surface area contributed by atoms with E-state index >= 15 is 0 Å². The SMILES string of the molecule is CC.CCC(=O)NC(C(=O)NC(Cc1cccnc1)C(N)=O)c1ccccc1.On1ccnc1-c1ccccc1. The molecule has 2 aromatic heterocycles. The summed E-state index contributed by atoms with van der Waals surface area (Å²) >= 11 is 0. The van der Waals surface area contributed by atoms with Crippen molar-refractivity contribution in [3.05, 3.63) is 109 Å². The summed E-state index contributed by atoms with van der Waals surface area (Å²) in [5.41, 5.74) is 7.74. The fraction of sp³-hybridized carbons (Fsp3) is 0.233. The maximum Gasteiger partial charge on any atom is 0.247 e. The van der Waals surface area contributed by atoms with E-state index < -0.39 is 23.9 Å². The number of amides is 3. The number of carbonyl (C=O) groups excluding carboxylic acids is 3. The van der Waals surface area contributed by atoms with Gasteiger partial charge in [-0.25, -0.2) is 4.98 Å². The maximum atomic E-state index is 12.8. The summed E-state index contributed by atoms with van der Waals surface area (Å²) in [6, 6.07) is 20.1. The summed E-state index contributed by atoms with van der Waals surface area (Å²) in [5, 5.41) is 14.6. The molecule has 40 heavy (non-hydrogen) atoms. The number of hydrogen-bond acceptors (Lipinski definition) is 6. The molecule has 5 N–H and O–H groups in total. The van der Waals surface area contributed by atoms with Gasteiger partial charge in [0.05, 0.1) is 6.20 Å². The molecule has 10 heteroatoms. The summed E-state index contributed by atoms with van der Waals surface area (Å²) in [6.45, 7) is 5.70. The van der Waals surface area contributed by atoms with Gasteiger partial charge >= 0.3 is 0 Å². The quantitative estimate of drug-likeness (QED) is 0.236. The second kappa shape index (κ2) is 16.8. The van der Waals surface area contributed by atoms with Gasteiger partial charge in [-0.2, -0.15) is 4.73 Å². The third-order valence-electron chi connectivity index (χ3n) is 5.50. The van der Waals surface area contributed by atoms with Gasteiger partial charge in [-0.15, -0.1) is 0 Å². The van der Waals surface area contributed by atoms with Crippen molar-refractivity contribution >= 4 is 17.7 Å². The van der Waals surface area contributed by atoms with Gasteiger partial charge in [0.1, 0.15) is 12.1 Å². The van der Waals surface area contributed by atoms with Crippen LogP contribution in [0.1, 0.15) is 44.4 Å². The molecule has 0 fully saturated rings. The number of aromatic nitrogens is 3. The molecule has 4 aromatic rings. The Morgan fingerprint density at radius 1 is 0.925 bits per heavy atom. The molecule has 4 rings (SSSR count). The Labute approximate surface area is 234 Å². The van der Waals surface area contributed by atoms with Gasteiger partial charge in [-0.1, -0.05) is 87.5 Å². The van der Waals surface area contributed by atoms with Crippen LogP contribution in [0.3, 0.4) is 0 Å². The van der Waals surface area contributed by atoms with Gasteiger partial charge in [0.15, 0.2) is 5.82 Å². The molecule has 2 heterocycles. The molecular formula is C30H36N6O4. The standard InChI is InChI=1S/C19H22N4O3.C9H8N2O.C2H6/c1-2-16(24)23-17(14-8-4-3-5-9-14)19(26)22-15(18(20)25)11-13-7-6-10-21-12-13;12-11-7-6-10-9(11)8-4-2-1-3-5-8;1-2/h3-10,12,15,17H,2,11H2,1H3,(H2,20,25)(H,22,26)(H,23,24);1-7,12H;1-2H3. The van der Waals surface area contributed by atoms with Crippen molar-refractivity contribution in [1.29, 1.82) is 0 Å². The Hall–Kier alpha value is -4.99. The number of nitrogens with one attached hydrogen (secondary N) is 2. The summed E-state index contributed by atoms with van der Waals surface area (Å²) in [6.07, 6.45) is 6.75. The fourth-order valence-corrected chi connectivity index (χ4v) is 3.53. The van der Waals surface area contributed by atoms with Crippen LogP contribution in [0.25, 0.3) is 11.4 Å². The van der Waals surface area contributed by atoms with E-state index in [9.17, 15) is 19.6 Å². The van der Waals surface area contributed by atoms with Crippen LogP contribution in [0.15, 0.2) is 97.6 Å². The van der Waals surface area contributed by atoms with Gasteiger partial charge in [0.25, 0.3) is 0 Å². The third kappa shape index (κ3) is 9.71. The number of nitrogens with two attached hydrogens (primary N) is 1. The topological polar surface area (TPSA) is 152 Å². The van der Waals surface area contributed by atoms with Crippen molar-refractivity contribution < 1.29 is 19.6 Å². The summed E-state index contributed by atoms with van der Waals surface area (Å²) < 4.78 is 1.01. The molecule has 10 nitrogen and oxygen atoms in total. The Kier molecular flexibility index (Phi) is 13.1. The fourth-order valence-electron chi connectivity index (χ4n) is 3.53. The van der Waals surface area contributed by atoms with Crippen molar-refractivity contribution in [2.45, 2.75) is 45.7 Å². The highest BCUT2D eigenvalue weighted by Gasteiger charge is 2.26. The summed E-state index contributed by atoms with van der Waals surface area (Å²) in [4.78, 5) is 44.3. The first kappa shape index (κ1) is 31.2. The summed E-state index contributed by atoms with van der Waals surface area (Å²) in [7, 11) is 0. The second-order valence-electron chi connectivity index (χ2n) is 8.26. The van der Waals surface area contributed by atoms with E-state index in [2.05, 4.69) is 20.6 Å². The minimum absolute atomic E-state index is 0.220. The zero-order chi connectivity index (χ0) is 29.3. The van der Waals surface area contributed by atoms with Gasteiger partial charge < -0.3 is 21.6 Å². The highest BCUT2D eigenvalue weighted by atomic mass is 16.5. The van der Waals surface area contributed by atoms with Crippen LogP contribution in [0.4, 0.5) is 0 Å². The average Bonchev–Trinajstić information content (AvgIpc) is 3.43. The zero-order valence-electron chi connectivity index (χ0n) is 22.9. The van der Waals surface area contributed by atoms with E-state index in [-0.39, 0.29) is 18.7 Å². The molecule has 2 aromatic carbocycles. The van der Waals surface area contributed by atoms with Crippen molar-refractivity contribution in [2.75, 3.05) is 0 Å². The number of imidazole rings is 1. The maximum absolute atomic E-state index is 12.8. The van der Waals surface area contributed by atoms with Gasteiger partial charge in [-0.05, 0) is 17.2 Å². The van der Waals surface area contributed by atoms with Crippen molar-refractivity contribution in [1.82, 2.24) is 25.3 Å². The summed E-state index contributed by atoms with van der Waals surface area (Å²) in [5.74, 6) is -0.853. The van der Waals surface area contributed by atoms with Crippen LogP contribution in [0.2, 0.25) is 0 Å². The molecular weight excluding hydrogens is 508 g/mol. The molecule has 0 radical (unpaired) electrons. The second-order valence-corrected chi connectivity index (χ2v) is 8.26. The predicted octanol–water partition coefficient (Wildman–Crippen LogP) is 3.68. The van der Waals surface area contributed by atoms with E-state index in [1.807, 2.05) is 50.2 Å². The first-order valence-electron chi connectivity index (χ1n) is 13.0. The van der Waals surface area contributed by atoms with Crippen LogP contribution in [0, 0.1) is 0 Å². The normalized spacial score (nSPS) is 11.4. The highest BCUT2D eigenvalue weighted by Crippen LogP contribution is 2.15. The Morgan fingerprint density at radius 3 is 2.10 bits per heavy atom. The Bertz CT molecular complexity index is 1310. The number of rotatable bonds is 9. The lowest BCUT2D eigenvalue weighted by Gasteiger charge is -2.22. The molecule has 0 aliphatic rings. The number of primary amides is 1. The van der Waals surface area contributed by atoms with E-state index in [4.69, 9.17) is 5.73 Å². The van der Waals surface area contributed by atoms with Gasteiger partial charge in [0, 0.05) is 37.0 Å². The molecule has 2 unspecified atom stereocenters. The number of hydrogen-bond donors (Lipinski definition) is 4. The molecule has 0 bridgehead atoms. The van der Waals surface area contributed by atoms with E-state index in [0.717, 1.165) is 15.9 Å². The van der Waals surface area contributed by atoms with Gasteiger partial charge in [0.2, 0.25) is 17.7 Å². The van der Waals surface area contributed by atoms with Gasteiger partial charge in [-0.3, -0.25) is 19.4 Å². The number of nitrogens with zero attached hydrogens (tertiary/aromatic N) is 3.